The van der Waals surface area contributed by atoms with E-state index in [1.54, 1.807) is 35.7 Å². The van der Waals surface area contributed by atoms with Crippen molar-refractivity contribution < 1.29 is 9.72 Å². The highest BCUT2D eigenvalue weighted by Crippen LogP contribution is 2.28. The fraction of sp³-hybridized carbons (Fsp3) is 0.143. The van der Waals surface area contributed by atoms with Crippen molar-refractivity contribution in [3.63, 3.8) is 0 Å². The Morgan fingerprint density at radius 3 is 2.86 bits per heavy atom. The van der Waals surface area contributed by atoms with Gasteiger partial charge in [0.1, 0.15) is 17.5 Å². The molecule has 0 aliphatic rings. The van der Waals surface area contributed by atoms with Crippen LogP contribution in [-0.4, -0.2) is 51.3 Å². The molecule has 1 amide bonds. The van der Waals surface area contributed by atoms with Crippen molar-refractivity contribution in [1.29, 1.82) is 0 Å². The Bertz CT molecular complexity index is 1620. The van der Waals surface area contributed by atoms with Gasteiger partial charge in [0.2, 0.25) is 0 Å². The van der Waals surface area contributed by atoms with Gasteiger partial charge in [0, 0.05) is 42.2 Å². The largest absolute Gasteiger partial charge is 0.349 e. The Morgan fingerprint density at radius 2 is 2.11 bits per heavy atom. The summed E-state index contributed by atoms with van der Waals surface area (Å²) < 4.78 is 4.46. The molecule has 14 heteroatoms. The number of carbonyl (C=O) groups excluding carboxylic acids is 1. The second-order valence-corrected chi connectivity index (χ2v) is 8.43. The number of nitrogens with zero attached hydrogens (tertiary/aromatic N) is 8. The van der Waals surface area contributed by atoms with E-state index in [-0.39, 0.29) is 30.2 Å². The van der Waals surface area contributed by atoms with Gasteiger partial charge in [-0.2, -0.15) is 5.10 Å². The van der Waals surface area contributed by atoms with E-state index in [2.05, 4.69) is 25.5 Å². The summed E-state index contributed by atoms with van der Waals surface area (Å²) in [6.07, 6.45) is 4.58. The number of aryl methyl sites for hydroxylation is 1. The Hall–Kier alpha value is -4.72. The topological polar surface area (TPSA) is 155 Å². The number of aromatic nitrogens is 7. The molecule has 0 radical (unpaired) electrons. The molecule has 1 N–H and O–H groups in total. The maximum atomic E-state index is 12.8. The van der Waals surface area contributed by atoms with Gasteiger partial charge < -0.3 is 5.32 Å². The number of imidazole rings is 1. The van der Waals surface area contributed by atoms with Crippen LogP contribution in [0.4, 0.5) is 5.69 Å². The minimum absolute atomic E-state index is 0.0175. The maximum absolute atomic E-state index is 12.8. The van der Waals surface area contributed by atoms with Crippen LogP contribution >= 0.6 is 11.3 Å². The predicted molar refractivity (Wildman–Crippen MR) is 126 cm³/mol. The van der Waals surface area contributed by atoms with Crippen LogP contribution in [0.3, 0.4) is 0 Å². The Labute approximate surface area is 200 Å². The zero-order valence-electron chi connectivity index (χ0n) is 18.2. The Balaban J connectivity index is 1.29. The monoisotopic (exact) mass is 491 g/mol. The van der Waals surface area contributed by atoms with Crippen molar-refractivity contribution in [1.82, 2.24) is 39.2 Å². The minimum Gasteiger partial charge on any atom is -0.349 e. The van der Waals surface area contributed by atoms with Crippen molar-refractivity contribution >= 4 is 27.9 Å². The summed E-state index contributed by atoms with van der Waals surface area (Å²) in [5.41, 5.74) is 1.56. The van der Waals surface area contributed by atoms with Crippen LogP contribution in [0.25, 0.3) is 22.0 Å². The quantitative estimate of drug-likeness (QED) is 0.267. The van der Waals surface area contributed by atoms with Crippen molar-refractivity contribution in [2.45, 2.75) is 13.5 Å². The van der Waals surface area contributed by atoms with Gasteiger partial charge in [-0.1, -0.05) is 23.5 Å². The number of nitrogens with one attached hydrogen (secondary N) is 1. The highest BCUT2D eigenvalue weighted by atomic mass is 32.1. The summed E-state index contributed by atoms with van der Waals surface area (Å²) in [6, 6.07) is 9.15. The van der Waals surface area contributed by atoms with Crippen LogP contribution in [0.5, 0.6) is 0 Å². The van der Waals surface area contributed by atoms with Crippen LogP contribution in [-0.2, 0) is 6.54 Å². The van der Waals surface area contributed by atoms with Gasteiger partial charge in [0.25, 0.3) is 17.2 Å². The number of nitro groups is 1. The van der Waals surface area contributed by atoms with Crippen molar-refractivity contribution in [3.05, 3.63) is 86.3 Å². The summed E-state index contributed by atoms with van der Waals surface area (Å²) in [7, 11) is 0. The van der Waals surface area contributed by atoms with E-state index >= 15 is 0 Å². The Morgan fingerprint density at radius 1 is 1.26 bits per heavy atom. The van der Waals surface area contributed by atoms with Gasteiger partial charge in [0.15, 0.2) is 10.8 Å². The number of fused-ring (bicyclic) bond motifs is 1. The number of carbonyl (C=O) groups is 1. The molecule has 0 aliphatic heterocycles. The van der Waals surface area contributed by atoms with E-state index in [1.165, 1.54) is 51.6 Å². The normalized spacial score (nSPS) is 11.1. The maximum Gasteiger partial charge on any atom is 0.270 e. The molecule has 0 saturated heterocycles. The van der Waals surface area contributed by atoms with Gasteiger partial charge in [-0.05, 0) is 13.0 Å². The third-order valence-corrected chi connectivity index (χ3v) is 6.39. The number of non-ortho nitro benzene ring substituents is 1. The van der Waals surface area contributed by atoms with Gasteiger partial charge in [-0.25, -0.2) is 19.3 Å². The molecule has 0 saturated carbocycles. The number of thiazole rings is 1. The molecule has 0 spiro atoms. The highest BCUT2D eigenvalue weighted by molar-refractivity contribution is 7.19. The SMILES string of the molecule is Cc1c(C(=O)NCCn2nc(-n3cncn3)ccc2=O)sc2nc(-c3cccc([N+](=O)[O-])c3)cn12. The molecular formula is C21H17N9O4S. The molecule has 0 aliphatic carbocycles. The third kappa shape index (κ3) is 4.29. The summed E-state index contributed by atoms with van der Waals surface area (Å²) in [5.74, 6) is 0.138. The van der Waals surface area contributed by atoms with Gasteiger partial charge in [0.05, 0.1) is 17.2 Å². The van der Waals surface area contributed by atoms with Crippen LogP contribution in [0.1, 0.15) is 15.4 Å². The molecule has 4 heterocycles. The number of amides is 1. The van der Waals surface area contributed by atoms with E-state index in [0.717, 1.165) is 0 Å². The minimum atomic E-state index is -0.454. The number of hydrogen-bond donors (Lipinski definition) is 1. The molecular weight excluding hydrogens is 474 g/mol. The Kier molecular flexibility index (Phi) is 5.62. The second-order valence-electron chi connectivity index (χ2n) is 7.45. The van der Waals surface area contributed by atoms with Crippen LogP contribution < -0.4 is 10.9 Å². The zero-order valence-corrected chi connectivity index (χ0v) is 19.0. The lowest BCUT2D eigenvalue weighted by Gasteiger charge is -2.08. The van der Waals surface area contributed by atoms with E-state index in [4.69, 9.17) is 0 Å². The standard InChI is InChI=1S/C21H17N9O4S/c1-13-19(35-21-25-16(10-27(13)21)14-3-2-4-15(9-14)30(33)34)20(32)23-7-8-28-18(31)6-5-17(26-28)29-12-22-11-24-29/h2-6,9-12H,7-8H2,1H3,(H,23,32). The van der Waals surface area contributed by atoms with Crippen molar-refractivity contribution in [2.24, 2.45) is 0 Å². The summed E-state index contributed by atoms with van der Waals surface area (Å²) >= 11 is 1.21. The van der Waals surface area contributed by atoms with Crippen LogP contribution in [0.2, 0.25) is 0 Å². The van der Waals surface area contributed by atoms with E-state index in [9.17, 15) is 19.7 Å². The first kappa shape index (κ1) is 22.1. The molecule has 0 atom stereocenters. The molecule has 0 bridgehead atoms. The van der Waals surface area contributed by atoms with Crippen LogP contribution in [0, 0.1) is 17.0 Å². The average molecular weight is 491 g/mol. The first-order valence-electron chi connectivity index (χ1n) is 10.4. The second kappa shape index (κ2) is 8.90. The predicted octanol–water partition coefficient (Wildman–Crippen LogP) is 1.85. The van der Waals surface area contributed by atoms with Gasteiger partial charge >= 0.3 is 0 Å². The number of hydrogen-bond acceptors (Lipinski definition) is 9. The fourth-order valence-corrected chi connectivity index (χ4v) is 4.51. The summed E-state index contributed by atoms with van der Waals surface area (Å²) in [6.45, 7) is 2.15. The van der Waals surface area contributed by atoms with E-state index < -0.39 is 4.92 Å². The first-order chi connectivity index (χ1) is 16.9. The summed E-state index contributed by atoms with van der Waals surface area (Å²) in [4.78, 5) is 45.0. The van der Waals surface area contributed by atoms with E-state index in [0.29, 0.717) is 32.6 Å². The van der Waals surface area contributed by atoms with E-state index in [1.807, 2.05) is 0 Å². The molecule has 176 valence electrons. The summed E-state index contributed by atoms with van der Waals surface area (Å²) in [5, 5.41) is 22.1. The number of rotatable bonds is 7. The van der Waals surface area contributed by atoms with Crippen molar-refractivity contribution in [2.75, 3.05) is 6.54 Å². The smallest absolute Gasteiger partial charge is 0.270 e. The van der Waals surface area contributed by atoms with Gasteiger partial charge in [-0.15, -0.1) is 5.10 Å². The molecule has 35 heavy (non-hydrogen) atoms. The zero-order chi connectivity index (χ0) is 24.5. The molecule has 0 unspecified atom stereocenters. The lowest BCUT2D eigenvalue weighted by molar-refractivity contribution is -0.384. The van der Waals surface area contributed by atoms with Gasteiger partial charge in [-0.3, -0.25) is 24.1 Å². The number of benzene rings is 1. The lowest BCUT2D eigenvalue weighted by atomic mass is 10.1. The van der Waals surface area contributed by atoms with Crippen molar-refractivity contribution in [3.8, 4) is 17.1 Å². The molecule has 1 aromatic carbocycles. The molecule has 0 fully saturated rings. The lowest BCUT2D eigenvalue weighted by Crippen LogP contribution is -2.32. The first-order valence-corrected chi connectivity index (χ1v) is 11.2. The molecule has 13 nitrogen and oxygen atoms in total. The number of nitro benzene ring substituents is 1. The van der Waals surface area contributed by atoms with Crippen LogP contribution in [0.15, 0.2) is 60.0 Å². The third-order valence-electron chi connectivity index (χ3n) is 5.23. The average Bonchev–Trinajstić information content (AvgIpc) is 3.59. The fourth-order valence-electron chi connectivity index (χ4n) is 3.48. The molecule has 5 rings (SSSR count). The molecule has 4 aromatic heterocycles. The highest BCUT2D eigenvalue weighted by Gasteiger charge is 2.19. The molecule has 5 aromatic rings.